The molecule has 114 valence electrons. The summed E-state index contributed by atoms with van der Waals surface area (Å²) in [4.78, 5) is 0. The van der Waals surface area contributed by atoms with Crippen molar-refractivity contribution in [2.24, 2.45) is 0 Å². The highest BCUT2D eigenvalue weighted by molar-refractivity contribution is 6.53. The lowest BCUT2D eigenvalue weighted by Gasteiger charge is -2.20. The van der Waals surface area contributed by atoms with Gasteiger partial charge in [-0.25, -0.2) is 0 Å². The van der Waals surface area contributed by atoms with Gasteiger partial charge in [0.2, 0.25) is 0 Å². The Morgan fingerprint density at radius 2 is 0.957 bits per heavy atom. The molecule has 0 heterocycles. The summed E-state index contributed by atoms with van der Waals surface area (Å²) in [5, 5.41) is 0. The summed E-state index contributed by atoms with van der Waals surface area (Å²) >= 11 is 13.8. The van der Waals surface area contributed by atoms with Crippen LogP contribution in [0, 0.1) is 0 Å². The molecule has 0 amide bonds. The van der Waals surface area contributed by atoms with Crippen molar-refractivity contribution in [3.63, 3.8) is 0 Å². The molecule has 3 aromatic carbocycles. The highest BCUT2D eigenvalue weighted by Gasteiger charge is 2.77. The summed E-state index contributed by atoms with van der Waals surface area (Å²) in [6.07, 6.45) is 0. The molecule has 23 heavy (non-hydrogen) atoms. The van der Waals surface area contributed by atoms with Crippen molar-refractivity contribution in [1.29, 1.82) is 0 Å². The van der Waals surface area contributed by atoms with Crippen LogP contribution in [0.15, 0.2) is 91.0 Å². The SMILES string of the molecule is ClC1(Cl)[C@H](c2ccccc2)C1(c1ccccc1)c1ccccc1. The zero-order valence-corrected chi connectivity index (χ0v) is 14.0. The fourth-order valence-corrected chi connectivity index (χ4v) is 4.92. The molecule has 1 aliphatic rings. The molecule has 0 bridgehead atoms. The topological polar surface area (TPSA) is 0 Å². The van der Waals surface area contributed by atoms with E-state index in [1.165, 1.54) is 5.56 Å². The van der Waals surface area contributed by atoms with Gasteiger partial charge < -0.3 is 0 Å². The van der Waals surface area contributed by atoms with Crippen LogP contribution in [0.3, 0.4) is 0 Å². The van der Waals surface area contributed by atoms with Gasteiger partial charge in [-0.3, -0.25) is 0 Å². The summed E-state index contributed by atoms with van der Waals surface area (Å²) in [6, 6.07) is 31.0. The number of benzene rings is 3. The number of rotatable bonds is 3. The van der Waals surface area contributed by atoms with Crippen molar-refractivity contribution in [3.05, 3.63) is 108 Å². The van der Waals surface area contributed by atoms with Crippen molar-refractivity contribution in [1.82, 2.24) is 0 Å². The van der Waals surface area contributed by atoms with E-state index in [0.717, 1.165) is 11.1 Å². The van der Waals surface area contributed by atoms with Crippen molar-refractivity contribution < 1.29 is 0 Å². The third kappa shape index (κ3) is 2.06. The molecule has 1 aliphatic carbocycles. The Morgan fingerprint density at radius 1 is 0.565 bits per heavy atom. The molecule has 1 fully saturated rings. The average Bonchev–Trinajstić information content (AvgIpc) is 3.14. The van der Waals surface area contributed by atoms with Crippen molar-refractivity contribution >= 4 is 23.2 Å². The summed E-state index contributed by atoms with van der Waals surface area (Å²) < 4.78 is -0.864. The molecule has 4 rings (SSSR count). The van der Waals surface area contributed by atoms with Gasteiger partial charge in [0.25, 0.3) is 0 Å². The van der Waals surface area contributed by atoms with Crippen LogP contribution in [0.5, 0.6) is 0 Å². The lowest BCUT2D eigenvalue weighted by Crippen LogP contribution is -2.17. The third-order valence-electron chi connectivity index (χ3n) is 4.83. The fourth-order valence-electron chi connectivity index (χ4n) is 3.80. The van der Waals surface area contributed by atoms with Gasteiger partial charge in [-0.2, -0.15) is 0 Å². The second kappa shape index (κ2) is 5.40. The van der Waals surface area contributed by atoms with Crippen LogP contribution in [0.25, 0.3) is 0 Å². The van der Waals surface area contributed by atoms with Gasteiger partial charge in [0, 0.05) is 5.92 Å². The minimum Gasteiger partial charge on any atom is -0.0995 e. The Labute approximate surface area is 146 Å². The Hall–Kier alpha value is -1.76. The molecule has 0 saturated heterocycles. The van der Waals surface area contributed by atoms with Crippen LogP contribution >= 0.6 is 23.2 Å². The van der Waals surface area contributed by atoms with Gasteiger partial charge in [0.15, 0.2) is 0 Å². The minimum atomic E-state index is -0.864. The summed E-state index contributed by atoms with van der Waals surface area (Å²) in [5.41, 5.74) is 3.07. The van der Waals surface area contributed by atoms with E-state index in [2.05, 4.69) is 36.4 Å². The average molecular weight is 339 g/mol. The van der Waals surface area contributed by atoms with Gasteiger partial charge >= 0.3 is 0 Å². The second-order valence-corrected chi connectivity index (χ2v) is 7.39. The number of alkyl halides is 2. The predicted molar refractivity (Wildman–Crippen MR) is 97.3 cm³/mol. The molecule has 0 N–H and O–H groups in total. The number of halogens is 2. The van der Waals surface area contributed by atoms with Gasteiger partial charge in [-0.05, 0) is 16.7 Å². The summed E-state index contributed by atoms with van der Waals surface area (Å²) in [7, 11) is 0. The first-order chi connectivity index (χ1) is 11.2. The molecule has 0 aromatic heterocycles. The second-order valence-electron chi connectivity index (χ2n) is 6.01. The van der Waals surface area contributed by atoms with Crippen LogP contribution in [0.2, 0.25) is 0 Å². The quantitative estimate of drug-likeness (QED) is 0.518. The first-order valence-electron chi connectivity index (χ1n) is 7.73. The van der Waals surface area contributed by atoms with Crippen molar-refractivity contribution in [3.8, 4) is 0 Å². The first kappa shape index (κ1) is 14.8. The van der Waals surface area contributed by atoms with Gasteiger partial charge in [-0.1, -0.05) is 114 Å². The predicted octanol–water partition coefficient (Wildman–Crippen LogP) is 5.94. The standard InChI is InChI=1S/C21H16Cl2/c22-21(23)19(16-10-4-1-5-11-16)20(21,17-12-6-2-7-13-17)18-14-8-3-9-15-18/h1-15,19H/t19-/m1/s1. The van der Waals surface area contributed by atoms with E-state index in [0.29, 0.717) is 0 Å². The summed E-state index contributed by atoms with van der Waals surface area (Å²) in [6.45, 7) is 0. The van der Waals surface area contributed by atoms with Crippen LogP contribution in [-0.2, 0) is 5.41 Å². The van der Waals surface area contributed by atoms with E-state index >= 15 is 0 Å². The van der Waals surface area contributed by atoms with Crippen LogP contribution < -0.4 is 0 Å². The van der Waals surface area contributed by atoms with Crippen molar-refractivity contribution in [2.45, 2.75) is 15.7 Å². The summed E-state index contributed by atoms with van der Waals surface area (Å²) in [5.74, 6) is 0.0318. The van der Waals surface area contributed by atoms with Gasteiger partial charge in [0.1, 0.15) is 4.33 Å². The molecule has 0 unspecified atom stereocenters. The maximum atomic E-state index is 6.90. The molecule has 0 spiro atoms. The number of hydrogen-bond donors (Lipinski definition) is 0. The Balaban J connectivity index is 1.95. The first-order valence-corrected chi connectivity index (χ1v) is 8.48. The lowest BCUT2D eigenvalue weighted by atomic mass is 9.84. The maximum Gasteiger partial charge on any atom is 0.140 e. The van der Waals surface area contributed by atoms with Crippen LogP contribution in [-0.4, -0.2) is 4.33 Å². The molecule has 2 heteroatoms. The molecule has 0 radical (unpaired) electrons. The molecular formula is C21H16Cl2. The molecule has 1 atom stereocenters. The Bertz CT molecular complexity index is 756. The smallest absolute Gasteiger partial charge is 0.0995 e. The zero-order valence-electron chi connectivity index (χ0n) is 12.5. The molecule has 0 aliphatic heterocycles. The maximum absolute atomic E-state index is 6.90. The normalized spacial score (nSPS) is 20.9. The van der Waals surface area contributed by atoms with E-state index < -0.39 is 9.75 Å². The zero-order chi connectivity index (χ0) is 15.9. The van der Waals surface area contributed by atoms with E-state index in [4.69, 9.17) is 23.2 Å². The minimum absolute atomic E-state index is 0.0318. The third-order valence-corrected chi connectivity index (χ3v) is 5.86. The Kier molecular flexibility index (Phi) is 3.48. The van der Waals surface area contributed by atoms with Crippen LogP contribution in [0.1, 0.15) is 22.6 Å². The Morgan fingerprint density at radius 3 is 1.39 bits per heavy atom. The molecule has 3 aromatic rings. The molecule has 0 nitrogen and oxygen atoms in total. The van der Waals surface area contributed by atoms with Gasteiger partial charge in [-0.15, -0.1) is 0 Å². The van der Waals surface area contributed by atoms with E-state index in [1.54, 1.807) is 0 Å². The highest BCUT2D eigenvalue weighted by atomic mass is 35.5. The number of hydrogen-bond acceptors (Lipinski definition) is 0. The lowest BCUT2D eigenvalue weighted by molar-refractivity contribution is 0.797. The van der Waals surface area contributed by atoms with Crippen LogP contribution in [0.4, 0.5) is 0 Å². The van der Waals surface area contributed by atoms with Crippen molar-refractivity contribution in [2.75, 3.05) is 0 Å². The van der Waals surface area contributed by atoms with Gasteiger partial charge in [0.05, 0.1) is 5.41 Å². The van der Waals surface area contributed by atoms with E-state index in [9.17, 15) is 0 Å². The molecule has 1 saturated carbocycles. The monoisotopic (exact) mass is 338 g/mol. The van der Waals surface area contributed by atoms with E-state index in [-0.39, 0.29) is 5.92 Å². The van der Waals surface area contributed by atoms with E-state index in [1.807, 2.05) is 54.6 Å². The molecular weight excluding hydrogens is 323 g/mol. The fraction of sp³-hybridized carbons (Fsp3) is 0.143. The highest BCUT2D eigenvalue weighted by Crippen LogP contribution is 2.76. The largest absolute Gasteiger partial charge is 0.140 e.